The van der Waals surface area contributed by atoms with Crippen LogP contribution in [0.5, 0.6) is 0 Å². The molecule has 1 aromatic rings. The molecule has 1 aromatic heterocycles. The maximum Gasteiger partial charge on any atom is 0.115 e. The van der Waals surface area contributed by atoms with Crippen molar-refractivity contribution in [2.75, 3.05) is 18.0 Å². The molecule has 1 aliphatic heterocycles. The topological polar surface area (TPSA) is 41.0 Å². The molecular weight excluding hydrogens is 188 g/mol. The molecule has 4 nitrogen and oxygen atoms in total. The highest BCUT2D eigenvalue weighted by Gasteiger charge is 2.30. The number of anilines is 1. The van der Waals surface area contributed by atoms with Gasteiger partial charge in [0.1, 0.15) is 6.33 Å². The Morgan fingerprint density at radius 1 is 1.40 bits per heavy atom. The van der Waals surface area contributed by atoms with Crippen LogP contribution in [0.3, 0.4) is 0 Å². The molecule has 4 heteroatoms. The summed E-state index contributed by atoms with van der Waals surface area (Å²) in [4.78, 5) is 10.5. The number of hydrogen-bond acceptors (Lipinski definition) is 4. The van der Waals surface area contributed by atoms with Gasteiger partial charge in [0, 0.05) is 24.7 Å². The molecule has 15 heavy (non-hydrogen) atoms. The van der Waals surface area contributed by atoms with Gasteiger partial charge in [-0.1, -0.05) is 0 Å². The summed E-state index contributed by atoms with van der Waals surface area (Å²) in [5.41, 5.74) is 1.27. The average molecular weight is 206 g/mol. The summed E-state index contributed by atoms with van der Waals surface area (Å²) in [6.07, 6.45) is 5.33. The van der Waals surface area contributed by atoms with Crippen molar-refractivity contribution < 1.29 is 0 Å². The highest BCUT2D eigenvalue weighted by atomic mass is 15.3. The quantitative estimate of drug-likeness (QED) is 0.746. The van der Waals surface area contributed by atoms with Crippen molar-refractivity contribution in [2.45, 2.75) is 32.4 Å². The van der Waals surface area contributed by atoms with E-state index >= 15 is 0 Å². The molecule has 1 unspecified atom stereocenters. The number of nitrogens with one attached hydrogen (secondary N) is 1. The second-order valence-electron chi connectivity index (χ2n) is 4.84. The molecule has 0 bridgehead atoms. The van der Waals surface area contributed by atoms with E-state index in [1.807, 2.05) is 12.4 Å². The van der Waals surface area contributed by atoms with Crippen LogP contribution in [0, 0.1) is 0 Å². The van der Waals surface area contributed by atoms with Crippen molar-refractivity contribution in [3.05, 3.63) is 18.7 Å². The summed E-state index contributed by atoms with van der Waals surface area (Å²) in [5.74, 6) is 0. The first-order valence-electron chi connectivity index (χ1n) is 5.35. The normalized spacial score (nSPS) is 25.3. The first-order valence-corrected chi connectivity index (χ1v) is 5.35. The fourth-order valence-electron chi connectivity index (χ4n) is 1.96. The Morgan fingerprint density at radius 3 is 2.73 bits per heavy atom. The lowest BCUT2D eigenvalue weighted by Crippen LogP contribution is -2.61. The van der Waals surface area contributed by atoms with E-state index in [9.17, 15) is 0 Å². The van der Waals surface area contributed by atoms with Crippen LogP contribution >= 0.6 is 0 Å². The summed E-state index contributed by atoms with van der Waals surface area (Å²) < 4.78 is 0. The van der Waals surface area contributed by atoms with Crippen molar-refractivity contribution >= 4 is 5.69 Å². The monoisotopic (exact) mass is 206 g/mol. The van der Waals surface area contributed by atoms with Gasteiger partial charge < -0.3 is 10.2 Å². The van der Waals surface area contributed by atoms with Gasteiger partial charge in [0.05, 0.1) is 18.1 Å². The molecule has 1 aliphatic rings. The first kappa shape index (κ1) is 10.4. The second kappa shape index (κ2) is 3.77. The minimum atomic E-state index is 0.155. The third-order valence-corrected chi connectivity index (χ3v) is 2.85. The average Bonchev–Trinajstić information content (AvgIpc) is 2.23. The lowest BCUT2D eigenvalue weighted by Gasteiger charge is -2.44. The van der Waals surface area contributed by atoms with E-state index in [1.165, 1.54) is 0 Å². The Balaban J connectivity index is 2.20. The molecule has 0 aliphatic carbocycles. The van der Waals surface area contributed by atoms with Gasteiger partial charge in [0.15, 0.2) is 0 Å². The van der Waals surface area contributed by atoms with Crippen LogP contribution in [0.25, 0.3) is 0 Å². The standard InChI is InChI=1S/C11H18N4/c1-9-4-14-11(2,3)7-15(9)10-5-12-8-13-6-10/h5-6,8-9,14H,4,7H2,1-3H3. The van der Waals surface area contributed by atoms with Gasteiger partial charge in [-0.2, -0.15) is 0 Å². The van der Waals surface area contributed by atoms with E-state index in [0.717, 1.165) is 18.8 Å². The molecule has 2 heterocycles. The Labute approximate surface area is 90.7 Å². The highest BCUT2D eigenvalue weighted by Crippen LogP contribution is 2.21. The summed E-state index contributed by atoms with van der Waals surface area (Å²) >= 11 is 0. The Morgan fingerprint density at radius 2 is 2.07 bits per heavy atom. The van der Waals surface area contributed by atoms with Crippen LogP contribution in [-0.2, 0) is 0 Å². The minimum absolute atomic E-state index is 0.155. The first-order chi connectivity index (χ1) is 7.08. The van der Waals surface area contributed by atoms with Gasteiger partial charge in [0.2, 0.25) is 0 Å². The SMILES string of the molecule is CC1CNC(C)(C)CN1c1cncnc1. The zero-order chi connectivity index (χ0) is 10.9. The van der Waals surface area contributed by atoms with Gasteiger partial charge in [-0.25, -0.2) is 9.97 Å². The third-order valence-electron chi connectivity index (χ3n) is 2.85. The number of piperazine rings is 1. The van der Waals surface area contributed by atoms with Gasteiger partial charge in [-0.3, -0.25) is 0 Å². The van der Waals surface area contributed by atoms with Crippen LogP contribution in [-0.4, -0.2) is 34.6 Å². The molecule has 1 saturated heterocycles. The highest BCUT2D eigenvalue weighted by molar-refractivity contribution is 5.44. The summed E-state index contributed by atoms with van der Waals surface area (Å²) in [6, 6.07) is 0.490. The van der Waals surface area contributed by atoms with E-state index in [4.69, 9.17) is 0 Å². The molecular formula is C11H18N4. The lowest BCUT2D eigenvalue weighted by molar-refractivity contribution is 0.318. The Kier molecular flexibility index (Phi) is 2.61. The fraction of sp³-hybridized carbons (Fsp3) is 0.636. The number of rotatable bonds is 1. The van der Waals surface area contributed by atoms with E-state index in [2.05, 4.69) is 41.0 Å². The molecule has 1 N–H and O–H groups in total. The van der Waals surface area contributed by atoms with Gasteiger partial charge in [0.25, 0.3) is 0 Å². The van der Waals surface area contributed by atoms with E-state index in [-0.39, 0.29) is 5.54 Å². The molecule has 1 atom stereocenters. The van der Waals surface area contributed by atoms with E-state index in [1.54, 1.807) is 6.33 Å². The summed E-state index contributed by atoms with van der Waals surface area (Å²) in [5, 5.41) is 3.53. The van der Waals surface area contributed by atoms with Crippen LogP contribution in [0.15, 0.2) is 18.7 Å². The molecule has 0 saturated carbocycles. The van der Waals surface area contributed by atoms with Crippen molar-refractivity contribution in [3.8, 4) is 0 Å². The molecule has 82 valence electrons. The second-order valence-corrected chi connectivity index (χ2v) is 4.84. The van der Waals surface area contributed by atoms with Gasteiger partial charge >= 0.3 is 0 Å². The Bertz CT molecular complexity index is 323. The largest absolute Gasteiger partial charge is 0.363 e. The predicted octanol–water partition coefficient (Wildman–Crippen LogP) is 1.05. The van der Waals surface area contributed by atoms with E-state index in [0.29, 0.717) is 6.04 Å². The van der Waals surface area contributed by atoms with Crippen LogP contribution < -0.4 is 10.2 Å². The van der Waals surface area contributed by atoms with Crippen LogP contribution in [0.4, 0.5) is 5.69 Å². The van der Waals surface area contributed by atoms with Crippen LogP contribution in [0.1, 0.15) is 20.8 Å². The van der Waals surface area contributed by atoms with Gasteiger partial charge in [-0.15, -0.1) is 0 Å². The van der Waals surface area contributed by atoms with Crippen molar-refractivity contribution in [1.82, 2.24) is 15.3 Å². The molecule has 1 fully saturated rings. The predicted molar refractivity (Wildman–Crippen MR) is 60.9 cm³/mol. The van der Waals surface area contributed by atoms with Gasteiger partial charge in [-0.05, 0) is 20.8 Å². The van der Waals surface area contributed by atoms with E-state index < -0.39 is 0 Å². The maximum atomic E-state index is 4.07. The zero-order valence-electron chi connectivity index (χ0n) is 9.57. The molecule has 0 radical (unpaired) electrons. The molecule has 2 rings (SSSR count). The fourth-order valence-corrected chi connectivity index (χ4v) is 1.96. The van der Waals surface area contributed by atoms with Crippen LogP contribution in [0.2, 0.25) is 0 Å². The Hall–Kier alpha value is -1.16. The molecule has 0 aromatic carbocycles. The number of nitrogens with zero attached hydrogens (tertiary/aromatic N) is 3. The summed E-state index contributed by atoms with van der Waals surface area (Å²) in [6.45, 7) is 8.64. The van der Waals surface area contributed by atoms with Crippen molar-refractivity contribution in [3.63, 3.8) is 0 Å². The minimum Gasteiger partial charge on any atom is -0.363 e. The smallest absolute Gasteiger partial charge is 0.115 e. The summed E-state index contributed by atoms with van der Waals surface area (Å²) in [7, 11) is 0. The molecule has 0 amide bonds. The van der Waals surface area contributed by atoms with Crippen molar-refractivity contribution in [2.24, 2.45) is 0 Å². The van der Waals surface area contributed by atoms with Crippen molar-refractivity contribution in [1.29, 1.82) is 0 Å². The zero-order valence-corrected chi connectivity index (χ0v) is 9.57. The number of aromatic nitrogens is 2. The molecule has 0 spiro atoms. The maximum absolute atomic E-state index is 4.07. The third kappa shape index (κ3) is 2.26. The lowest BCUT2D eigenvalue weighted by atomic mass is 9.99. The number of hydrogen-bond donors (Lipinski definition) is 1.